The largest absolute Gasteiger partial charge is 0.493 e. The normalized spacial score (nSPS) is 16.9. The number of benzene rings is 1. The van der Waals surface area contributed by atoms with E-state index in [2.05, 4.69) is 11.4 Å². The number of nitrogens with one attached hydrogen (secondary N) is 1. The van der Waals surface area contributed by atoms with Gasteiger partial charge in [-0.05, 0) is 71.1 Å². The van der Waals surface area contributed by atoms with E-state index in [0.29, 0.717) is 11.5 Å². The fourth-order valence-corrected chi connectivity index (χ4v) is 3.07. The lowest BCUT2D eigenvalue weighted by atomic mass is 9.83. The molecule has 1 aliphatic carbocycles. The molecular weight excluding hydrogens is 344 g/mol. The smallest absolute Gasteiger partial charge is 0.407 e. The van der Waals surface area contributed by atoms with E-state index in [1.165, 1.54) is 12.8 Å². The second-order valence-corrected chi connectivity index (χ2v) is 8.19. The molecule has 1 aromatic rings. The third kappa shape index (κ3) is 5.78. The van der Waals surface area contributed by atoms with Crippen LogP contribution >= 0.6 is 0 Å². The highest BCUT2D eigenvalue weighted by Crippen LogP contribution is 2.35. The Morgan fingerprint density at radius 1 is 1.22 bits per heavy atom. The highest BCUT2D eigenvalue weighted by atomic mass is 16.6. The number of rotatable bonds is 6. The molecule has 0 aliphatic heterocycles. The molecular formula is C21H30N2O4. The van der Waals surface area contributed by atoms with Gasteiger partial charge in [0.2, 0.25) is 0 Å². The van der Waals surface area contributed by atoms with Crippen LogP contribution in [0.1, 0.15) is 58.9 Å². The van der Waals surface area contributed by atoms with Crippen LogP contribution in [-0.4, -0.2) is 31.5 Å². The number of hydrogen-bond acceptors (Lipinski definition) is 5. The number of hydrogen-bond donors (Lipinski definition) is 1. The van der Waals surface area contributed by atoms with Crippen LogP contribution in [0.15, 0.2) is 18.2 Å². The molecule has 2 rings (SSSR count). The Balaban J connectivity index is 2.17. The molecule has 1 aromatic carbocycles. The molecule has 0 bridgehead atoms. The second-order valence-electron chi connectivity index (χ2n) is 8.19. The van der Waals surface area contributed by atoms with Gasteiger partial charge in [-0.2, -0.15) is 5.26 Å². The van der Waals surface area contributed by atoms with Crippen molar-refractivity contribution in [2.45, 2.75) is 70.5 Å². The molecule has 0 radical (unpaired) electrons. The maximum atomic E-state index is 12.0. The van der Waals surface area contributed by atoms with Gasteiger partial charge in [0.25, 0.3) is 0 Å². The molecule has 1 aliphatic rings. The molecule has 1 unspecified atom stereocenters. The van der Waals surface area contributed by atoms with E-state index < -0.39 is 17.1 Å². The summed E-state index contributed by atoms with van der Waals surface area (Å²) in [5.74, 6) is 1.28. The summed E-state index contributed by atoms with van der Waals surface area (Å²) in [6.45, 7) is 7.31. The molecule has 1 atom stereocenters. The topological polar surface area (TPSA) is 80.6 Å². The summed E-state index contributed by atoms with van der Waals surface area (Å²) in [7, 11) is 1.60. The van der Waals surface area contributed by atoms with Gasteiger partial charge in [0.1, 0.15) is 5.60 Å². The van der Waals surface area contributed by atoms with Gasteiger partial charge in [0, 0.05) is 6.54 Å². The standard InChI is InChI=1S/C21H30N2O4/c1-20(2,3)27-19(24)23-14-21(4,13-22)15-10-11-17(25-5)18(12-15)26-16-8-6-7-9-16/h10-12,16H,6-9,14H2,1-5H3,(H,23,24). The zero-order chi connectivity index (χ0) is 20.1. The number of methoxy groups -OCH3 is 1. The van der Waals surface area contributed by atoms with Crippen molar-refractivity contribution in [1.82, 2.24) is 5.32 Å². The van der Waals surface area contributed by atoms with Crippen LogP contribution in [0.25, 0.3) is 0 Å². The van der Waals surface area contributed by atoms with E-state index >= 15 is 0 Å². The summed E-state index contributed by atoms with van der Waals surface area (Å²) in [5.41, 5.74) is -0.748. The summed E-state index contributed by atoms with van der Waals surface area (Å²) in [5, 5.41) is 12.5. The number of alkyl carbamates (subject to hydrolysis) is 1. The average Bonchev–Trinajstić information content (AvgIpc) is 3.11. The minimum Gasteiger partial charge on any atom is -0.493 e. The SMILES string of the molecule is COc1ccc(C(C)(C#N)CNC(=O)OC(C)(C)C)cc1OC1CCCC1. The summed E-state index contributed by atoms with van der Waals surface area (Å²) in [4.78, 5) is 12.0. The summed E-state index contributed by atoms with van der Waals surface area (Å²) in [6.07, 6.45) is 4.04. The van der Waals surface area contributed by atoms with Crippen LogP contribution in [0.4, 0.5) is 4.79 Å². The predicted molar refractivity (Wildman–Crippen MR) is 103 cm³/mol. The minimum atomic E-state index is -0.920. The van der Waals surface area contributed by atoms with Crippen LogP contribution in [-0.2, 0) is 10.2 Å². The van der Waals surface area contributed by atoms with E-state index in [1.54, 1.807) is 34.8 Å². The Kier molecular flexibility index (Phi) is 6.59. The second kappa shape index (κ2) is 8.51. The summed E-state index contributed by atoms with van der Waals surface area (Å²) < 4.78 is 16.8. The van der Waals surface area contributed by atoms with Crippen LogP contribution in [0.3, 0.4) is 0 Å². The van der Waals surface area contributed by atoms with E-state index in [1.807, 2.05) is 18.2 Å². The van der Waals surface area contributed by atoms with Crippen molar-refractivity contribution < 1.29 is 19.0 Å². The zero-order valence-corrected chi connectivity index (χ0v) is 16.9. The van der Waals surface area contributed by atoms with Crippen LogP contribution in [0.2, 0.25) is 0 Å². The lowest BCUT2D eigenvalue weighted by Gasteiger charge is -2.26. The lowest BCUT2D eigenvalue weighted by molar-refractivity contribution is 0.0520. The molecule has 1 saturated carbocycles. The van der Waals surface area contributed by atoms with Gasteiger partial charge in [-0.15, -0.1) is 0 Å². The molecule has 6 nitrogen and oxygen atoms in total. The Labute approximate surface area is 161 Å². The van der Waals surface area contributed by atoms with E-state index in [-0.39, 0.29) is 12.6 Å². The molecule has 1 N–H and O–H groups in total. The predicted octanol–water partition coefficient (Wildman–Crippen LogP) is 4.32. The molecule has 1 amide bonds. The number of amides is 1. The molecule has 27 heavy (non-hydrogen) atoms. The molecule has 0 spiro atoms. The third-order valence-corrected chi connectivity index (χ3v) is 4.63. The number of nitrogens with zero attached hydrogens (tertiary/aromatic N) is 1. The maximum Gasteiger partial charge on any atom is 0.407 e. The first-order valence-electron chi connectivity index (χ1n) is 9.40. The van der Waals surface area contributed by atoms with Crippen LogP contribution < -0.4 is 14.8 Å². The average molecular weight is 374 g/mol. The minimum absolute atomic E-state index is 0.133. The summed E-state index contributed by atoms with van der Waals surface area (Å²) in [6, 6.07) is 7.79. The zero-order valence-electron chi connectivity index (χ0n) is 16.9. The van der Waals surface area contributed by atoms with Crippen molar-refractivity contribution >= 4 is 6.09 Å². The van der Waals surface area contributed by atoms with Crippen molar-refractivity contribution in [2.75, 3.05) is 13.7 Å². The van der Waals surface area contributed by atoms with Gasteiger partial charge < -0.3 is 19.5 Å². The monoisotopic (exact) mass is 374 g/mol. The van der Waals surface area contributed by atoms with E-state index in [9.17, 15) is 10.1 Å². The van der Waals surface area contributed by atoms with Crippen molar-refractivity contribution in [3.8, 4) is 17.6 Å². The van der Waals surface area contributed by atoms with Gasteiger partial charge in [0.15, 0.2) is 11.5 Å². The van der Waals surface area contributed by atoms with Crippen LogP contribution in [0, 0.1) is 11.3 Å². The number of nitriles is 1. The molecule has 0 saturated heterocycles. The Bertz CT molecular complexity index is 699. The van der Waals surface area contributed by atoms with Crippen molar-refractivity contribution in [3.05, 3.63) is 23.8 Å². The van der Waals surface area contributed by atoms with Crippen molar-refractivity contribution in [3.63, 3.8) is 0 Å². The van der Waals surface area contributed by atoms with Crippen molar-refractivity contribution in [2.24, 2.45) is 0 Å². The maximum absolute atomic E-state index is 12.0. The quantitative estimate of drug-likeness (QED) is 0.802. The first kappa shape index (κ1) is 20.9. The summed E-state index contributed by atoms with van der Waals surface area (Å²) >= 11 is 0. The third-order valence-electron chi connectivity index (χ3n) is 4.63. The van der Waals surface area contributed by atoms with Gasteiger partial charge in [-0.3, -0.25) is 0 Å². The number of ether oxygens (including phenoxy) is 3. The van der Waals surface area contributed by atoms with Gasteiger partial charge in [-0.25, -0.2) is 4.79 Å². The fourth-order valence-electron chi connectivity index (χ4n) is 3.07. The number of carbonyl (C=O) groups excluding carboxylic acids is 1. The Morgan fingerprint density at radius 3 is 2.44 bits per heavy atom. The Morgan fingerprint density at radius 2 is 1.89 bits per heavy atom. The highest BCUT2D eigenvalue weighted by molar-refractivity contribution is 5.68. The molecule has 0 heterocycles. The molecule has 0 aromatic heterocycles. The molecule has 1 fully saturated rings. The first-order valence-corrected chi connectivity index (χ1v) is 9.40. The Hall–Kier alpha value is -2.42. The fraction of sp³-hybridized carbons (Fsp3) is 0.619. The highest BCUT2D eigenvalue weighted by Gasteiger charge is 2.30. The van der Waals surface area contributed by atoms with Gasteiger partial charge in [-0.1, -0.05) is 6.07 Å². The lowest BCUT2D eigenvalue weighted by Crippen LogP contribution is -2.40. The first-order chi connectivity index (χ1) is 12.7. The van der Waals surface area contributed by atoms with E-state index in [4.69, 9.17) is 14.2 Å². The molecule has 148 valence electrons. The van der Waals surface area contributed by atoms with Gasteiger partial charge >= 0.3 is 6.09 Å². The number of carbonyl (C=O) groups is 1. The molecule has 6 heteroatoms. The van der Waals surface area contributed by atoms with E-state index in [0.717, 1.165) is 18.4 Å². The van der Waals surface area contributed by atoms with Crippen molar-refractivity contribution in [1.29, 1.82) is 5.26 Å². The van der Waals surface area contributed by atoms with Gasteiger partial charge in [0.05, 0.1) is 24.7 Å². The van der Waals surface area contributed by atoms with Crippen LogP contribution in [0.5, 0.6) is 11.5 Å².